The lowest BCUT2D eigenvalue weighted by Gasteiger charge is -2.04. The van der Waals surface area contributed by atoms with E-state index >= 15 is 0 Å². The van der Waals surface area contributed by atoms with E-state index in [2.05, 4.69) is 5.32 Å². The van der Waals surface area contributed by atoms with Crippen LogP contribution in [0.5, 0.6) is 0 Å². The molecule has 4 nitrogen and oxygen atoms in total. The molecule has 0 aliphatic heterocycles. The molecule has 0 spiro atoms. The fourth-order valence-corrected chi connectivity index (χ4v) is 2.14. The lowest BCUT2D eigenvalue weighted by Crippen LogP contribution is -2.22. The average Bonchev–Trinajstić information content (AvgIpc) is 2.85. The van der Waals surface area contributed by atoms with Gasteiger partial charge in [0.15, 0.2) is 5.78 Å². The van der Waals surface area contributed by atoms with Crippen LogP contribution in [0.15, 0.2) is 40.8 Å². The van der Waals surface area contributed by atoms with Crippen molar-refractivity contribution in [1.82, 2.24) is 5.32 Å². The second-order valence-electron chi connectivity index (χ2n) is 5.00. The maximum Gasteiger partial charge on any atom is 0.220 e. The lowest BCUT2D eigenvalue weighted by molar-refractivity contribution is -0.121. The van der Waals surface area contributed by atoms with Gasteiger partial charge in [-0.3, -0.25) is 9.59 Å². The third-order valence-electron chi connectivity index (χ3n) is 3.28. The van der Waals surface area contributed by atoms with Crippen LogP contribution in [-0.2, 0) is 17.8 Å². The van der Waals surface area contributed by atoms with Crippen molar-refractivity contribution in [2.24, 2.45) is 0 Å². The maximum absolute atomic E-state index is 11.8. The van der Waals surface area contributed by atoms with E-state index in [9.17, 15) is 9.59 Å². The average molecular weight is 285 g/mol. The first-order valence-electron chi connectivity index (χ1n) is 6.97. The highest BCUT2D eigenvalue weighted by Gasteiger charge is 2.12. The van der Waals surface area contributed by atoms with Crippen molar-refractivity contribution in [2.45, 2.75) is 33.2 Å². The van der Waals surface area contributed by atoms with Crippen LogP contribution in [0.2, 0.25) is 0 Å². The van der Waals surface area contributed by atoms with Crippen molar-refractivity contribution in [3.05, 3.63) is 59.0 Å². The molecule has 110 valence electrons. The summed E-state index contributed by atoms with van der Waals surface area (Å²) in [6.07, 6.45) is 0.839. The van der Waals surface area contributed by atoms with Gasteiger partial charge in [0.05, 0.1) is 5.56 Å². The van der Waals surface area contributed by atoms with Crippen molar-refractivity contribution in [2.75, 3.05) is 0 Å². The smallest absolute Gasteiger partial charge is 0.220 e. The van der Waals surface area contributed by atoms with Gasteiger partial charge < -0.3 is 9.73 Å². The van der Waals surface area contributed by atoms with Crippen LogP contribution in [0, 0.1) is 6.92 Å². The number of carbonyl (C=O) groups excluding carboxylic acids is 2. The van der Waals surface area contributed by atoms with Gasteiger partial charge in [0, 0.05) is 19.4 Å². The Hall–Kier alpha value is -2.36. The highest BCUT2D eigenvalue weighted by atomic mass is 16.3. The standard InChI is InChI=1S/C17H19NO3/c1-12(19)16-10-15(21-13(16)2)8-9-17(20)18-11-14-6-4-3-5-7-14/h3-7,10H,8-9,11H2,1-2H3,(H,18,20). The molecular weight excluding hydrogens is 266 g/mol. The predicted molar refractivity (Wildman–Crippen MR) is 80.1 cm³/mol. The number of hydrogen-bond acceptors (Lipinski definition) is 3. The molecule has 21 heavy (non-hydrogen) atoms. The summed E-state index contributed by atoms with van der Waals surface area (Å²) in [5, 5.41) is 2.87. The minimum Gasteiger partial charge on any atom is -0.466 e. The van der Waals surface area contributed by atoms with Gasteiger partial charge in [0.1, 0.15) is 11.5 Å². The monoisotopic (exact) mass is 285 g/mol. The number of ketones is 1. The number of aryl methyl sites for hydroxylation is 2. The van der Waals surface area contributed by atoms with Gasteiger partial charge in [0.2, 0.25) is 5.91 Å². The van der Waals surface area contributed by atoms with E-state index in [4.69, 9.17) is 4.42 Å². The number of benzene rings is 1. The zero-order valence-corrected chi connectivity index (χ0v) is 12.3. The summed E-state index contributed by atoms with van der Waals surface area (Å²) < 4.78 is 5.49. The van der Waals surface area contributed by atoms with E-state index in [1.54, 1.807) is 13.0 Å². The van der Waals surface area contributed by atoms with Crippen molar-refractivity contribution in [3.8, 4) is 0 Å². The largest absolute Gasteiger partial charge is 0.466 e. The van der Waals surface area contributed by atoms with Crippen LogP contribution >= 0.6 is 0 Å². The van der Waals surface area contributed by atoms with Gasteiger partial charge >= 0.3 is 0 Å². The number of amides is 1. The van der Waals surface area contributed by atoms with Crippen LogP contribution < -0.4 is 5.32 Å². The van der Waals surface area contributed by atoms with E-state index in [1.807, 2.05) is 30.3 Å². The first kappa shape index (κ1) is 15.0. The van der Waals surface area contributed by atoms with Gasteiger partial charge in [-0.2, -0.15) is 0 Å². The number of rotatable bonds is 6. The summed E-state index contributed by atoms with van der Waals surface area (Å²) in [6.45, 7) is 3.79. The molecule has 0 unspecified atom stereocenters. The van der Waals surface area contributed by atoms with Crippen molar-refractivity contribution >= 4 is 11.7 Å². The van der Waals surface area contributed by atoms with Crippen LogP contribution in [0.25, 0.3) is 0 Å². The molecule has 1 aromatic carbocycles. The zero-order chi connectivity index (χ0) is 15.2. The first-order valence-corrected chi connectivity index (χ1v) is 6.97. The third kappa shape index (κ3) is 4.31. The number of Topliss-reactive ketones (excluding diaryl/α,β-unsaturated/α-hetero) is 1. The fraction of sp³-hybridized carbons (Fsp3) is 0.294. The quantitative estimate of drug-likeness (QED) is 0.830. The highest BCUT2D eigenvalue weighted by Crippen LogP contribution is 2.16. The Balaban J connectivity index is 1.81. The van der Waals surface area contributed by atoms with Crippen molar-refractivity contribution in [3.63, 3.8) is 0 Å². The molecule has 0 aliphatic rings. The second-order valence-corrected chi connectivity index (χ2v) is 5.00. The topological polar surface area (TPSA) is 59.3 Å². The molecule has 4 heteroatoms. The molecule has 0 saturated carbocycles. The first-order chi connectivity index (χ1) is 10.1. The maximum atomic E-state index is 11.8. The number of carbonyl (C=O) groups is 2. The molecule has 1 aromatic heterocycles. The number of nitrogens with one attached hydrogen (secondary N) is 1. The summed E-state index contributed by atoms with van der Waals surface area (Å²) in [5.41, 5.74) is 1.66. The third-order valence-corrected chi connectivity index (χ3v) is 3.28. The van der Waals surface area contributed by atoms with Gasteiger partial charge in [0.25, 0.3) is 0 Å². The molecule has 2 aromatic rings. The molecule has 0 atom stereocenters. The van der Waals surface area contributed by atoms with Gasteiger partial charge in [-0.25, -0.2) is 0 Å². The summed E-state index contributed by atoms with van der Waals surface area (Å²) in [7, 11) is 0. The van der Waals surface area contributed by atoms with Crippen LogP contribution in [-0.4, -0.2) is 11.7 Å². The SMILES string of the molecule is CC(=O)c1cc(CCC(=O)NCc2ccccc2)oc1C. The molecule has 0 fully saturated rings. The van der Waals surface area contributed by atoms with E-state index in [0.29, 0.717) is 36.5 Å². The Kier molecular flexibility index (Phi) is 4.93. The number of furan rings is 1. The van der Waals surface area contributed by atoms with E-state index in [1.165, 1.54) is 6.92 Å². The van der Waals surface area contributed by atoms with Gasteiger partial charge in [-0.1, -0.05) is 30.3 Å². The molecule has 0 radical (unpaired) electrons. The second kappa shape index (κ2) is 6.88. The predicted octanol–water partition coefficient (Wildman–Crippen LogP) is 3.04. The van der Waals surface area contributed by atoms with Crippen LogP contribution in [0.1, 0.15) is 40.8 Å². The Morgan fingerprint density at radius 2 is 1.90 bits per heavy atom. The molecule has 1 amide bonds. The molecule has 0 bridgehead atoms. The number of hydrogen-bond donors (Lipinski definition) is 1. The van der Waals surface area contributed by atoms with Gasteiger partial charge in [-0.05, 0) is 25.5 Å². The van der Waals surface area contributed by atoms with Crippen molar-refractivity contribution < 1.29 is 14.0 Å². The molecule has 1 heterocycles. The van der Waals surface area contributed by atoms with E-state index in [-0.39, 0.29) is 11.7 Å². The minimum absolute atomic E-state index is 0.0176. The Morgan fingerprint density at radius 1 is 1.19 bits per heavy atom. The molecule has 1 N–H and O–H groups in total. The van der Waals surface area contributed by atoms with E-state index in [0.717, 1.165) is 5.56 Å². The summed E-state index contributed by atoms with van der Waals surface area (Å²) in [5.74, 6) is 1.24. The summed E-state index contributed by atoms with van der Waals surface area (Å²) in [4.78, 5) is 23.1. The van der Waals surface area contributed by atoms with E-state index < -0.39 is 0 Å². The highest BCUT2D eigenvalue weighted by molar-refractivity contribution is 5.95. The molecule has 0 aliphatic carbocycles. The normalized spacial score (nSPS) is 10.4. The van der Waals surface area contributed by atoms with Crippen LogP contribution in [0.4, 0.5) is 0 Å². The van der Waals surface area contributed by atoms with Crippen molar-refractivity contribution in [1.29, 1.82) is 0 Å². The Morgan fingerprint density at radius 3 is 2.52 bits per heavy atom. The fourth-order valence-electron chi connectivity index (χ4n) is 2.14. The van der Waals surface area contributed by atoms with Crippen LogP contribution in [0.3, 0.4) is 0 Å². The summed E-state index contributed by atoms with van der Waals surface area (Å²) in [6, 6.07) is 11.5. The molecule has 2 rings (SSSR count). The lowest BCUT2D eigenvalue weighted by atomic mass is 10.1. The Bertz CT molecular complexity index is 629. The van der Waals surface area contributed by atoms with Gasteiger partial charge in [-0.15, -0.1) is 0 Å². The summed E-state index contributed by atoms with van der Waals surface area (Å²) >= 11 is 0. The molecular formula is C17H19NO3. The minimum atomic E-state index is -0.0303. The Labute approximate surface area is 124 Å². The molecule has 0 saturated heterocycles. The zero-order valence-electron chi connectivity index (χ0n) is 12.3.